The van der Waals surface area contributed by atoms with Crippen LogP contribution in [0.25, 0.3) is 0 Å². The summed E-state index contributed by atoms with van der Waals surface area (Å²) in [5, 5.41) is 19.9. The smallest absolute Gasteiger partial charge is 0.296 e. The number of nitrogens with one attached hydrogen (secondary N) is 1. The Morgan fingerprint density at radius 2 is 1.60 bits per heavy atom. The molecule has 0 aliphatic carbocycles. The number of rotatable bonds is 3. The van der Waals surface area contributed by atoms with Gasteiger partial charge in [0.2, 0.25) is 0 Å². The normalized spacial score (nSPS) is 10.8. The molecule has 0 aliphatic rings. The maximum Gasteiger partial charge on any atom is 0.296 e. The molecule has 0 saturated heterocycles. The van der Waals surface area contributed by atoms with Crippen molar-refractivity contribution in [3.8, 4) is 12.1 Å². The van der Waals surface area contributed by atoms with Gasteiger partial charge in [0.15, 0.2) is 17.5 Å². The highest BCUT2D eigenvalue weighted by Gasteiger charge is 2.25. The SMILES string of the molecule is N#Cc1c(F)c(F)c(C#N)c(Nc2ccc(S(=O)(=O)O)c(N)c2)c1F. The maximum atomic E-state index is 14.2. The van der Waals surface area contributed by atoms with Crippen LogP contribution in [0.5, 0.6) is 0 Å². The summed E-state index contributed by atoms with van der Waals surface area (Å²) in [6.07, 6.45) is 0. The Morgan fingerprint density at radius 3 is 2.08 bits per heavy atom. The molecule has 0 radical (unpaired) electrons. The van der Waals surface area contributed by atoms with Crippen molar-refractivity contribution in [3.63, 3.8) is 0 Å². The minimum absolute atomic E-state index is 0.102. The van der Waals surface area contributed by atoms with Gasteiger partial charge in [-0.2, -0.15) is 18.9 Å². The molecule has 0 aliphatic heterocycles. The quantitative estimate of drug-likeness (QED) is 0.429. The summed E-state index contributed by atoms with van der Waals surface area (Å²) in [6.45, 7) is 0. The Bertz CT molecular complexity index is 1070. The number of nitriles is 2. The molecule has 128 valence electrons. The first kappa shape index (κ1) is 18.1. The molecule has 2 aromatic carbocycles. The Morgan fingerprint density at radius 1 is 1.04 bits per heavy atom. The molecule has 0 saturated carbocycles. The van der Waals surface area contributed by atoms with Crippen molar-refractivity contribution in [1.82, 2.24) is 0 Å². The average Bonchev–Trinajstić information content (AvgIpc) is 2.52. The van der Waals surface area contributed by atoms with Crippen LogP contribution in [0.15, 0.2) is 23.1 Å². The summed E-state index contributed by atoms with van der Waals surface area (Å²) in [5.41, 5.74) is 1.85. The van der Waals surface area contributed by atoms with E-state index in [4.69, 9.17) is 20.8 Å². The highest BCUT2D eigenvalue weighted by Crippen LogP contribution is 2.32. The van der Waals surface area contributed by atoms with Crippen molar-refractivity contribution in [2.45, 2.75) is 4.90 Å². The fourth-order valence-electron chi connectivity index (χ4n) is 1.99. The fourth-order valence-corrected chi connectivity index (χ4v) is 2.58. The molecule has 7 nitrogen and oxygen atoms in total. The molecule has 2 rings (SSSR count). The lowest BCUT2D eigenvalue weighted by Crippen LogP contribution is -2.07. The summed E-state index contributed by atoms with van der Waals surface area (Å²) in [5.74, 6) is -5.02. The predicted molar refractivity (Wildman–Crippen MR) is 79.7 cm³/mol. The van der Waals surface area contributed by atoms with Crippen LogP contribution < -0.4 is 11.1 Å². The van der Waals surface area contributed by atoms with Crippen molar-refractivity contribution < 1.29 is 26.1 Å². The highest BCUT2D eigenvalue weighted by atomic mass is 32.2. The molecular weight excluding hydrogens is 361 g/mol. The van der Waals surface area contributed by atoms with Gasteiger partial charge in [0, 0.05) is 5.69 Å². The van der Waals surface area contributed by atoms with E-state index in [0.717, 1.165) is 24.3 Å². The topological polar surface area (TPSA) is 140 Å². The summed E-state index contributed by atoms with van der Waals surface area (Å²) in [4.78, 5) is -0.623. The van der Waals surface area contributed by atoms with E-state index in [0.29, 0.717) is 0 Å². The second-order valence-corrected chi connectivity index (χ2v) is 6.03. The summed E-state index contributed by atoms with van der Waals surface area (Å²) < 4.78 is 72.6. The van der Waals surface area contributed by atoms with Gasteiger partial charge >= 0.3 is 0 Å². The van der Waals surface area contributed by atoms with E-state index in [1.54, 1.807) is 0 Å². The number of benzene rings is 2. The molecule has 2 aromatic rings. The van der Waals surface area contributed by atoms with Crippen LogP contribution in [0.2, 0.25) is 0 Å². The van der Waals surface area contributed by atoms with E-state index in [1.807, 2.05) is 0 Å². The molecule has 11 heteroatoms. The number of anilines is 3. The maximum absolute atomic E-state index is 14.2. The van der Waals surface area contributed by atoms with Gasteiger partial charge in [-0.3, -0.25) is 4.55 Å². The van der Waals surface area contributed by atoms with Crippen LogP contribution in [-0.4, -0.2) is 13.0 Å². The van der Waals surface area contributed by atoms with Gasteiger partial charge in [0.25, 0.3) is 10.1 Å². The monoisotopic (exact) mass is 368 g/mol. The van der Waals surface area contributed by atoms with Crippen LogP contribution in [-0.2, 0) is 10.1 Å². The number of nitrogens with zero attached hydrogens (tertiary/aromatic N) is 2. The molecule has 0 amide bonds. The molecule has 0 fully saturated rings. The lowest BCUT2D eigenvalue weighted by molar-refractivity contribution is 0.483. The summed E-state index contributed by atoms with van der Waals surface area (Å²) in [6, 6.07) is 5.29. The zero-order chi connectivity index (χ0) is 18.9. The fraction of sp³-hybridized carbons (Fsp3) is 0. The van der Waals surface area contributed by atoms with Crippen molar-refractivity contribution in [2.24, 2.45) is 0 Å². The molecule has 4 N–H and O–H groups in total. The van der Waals surface area contributed by atoms with Crippen molar-refractivity contribution in [1.29, 1.82) is 10.5 Å². The predicted octanol–water partition coefficient (Wildman–Crippen LogP) is 2.42. The van der Waals surface area contributed by atoms with E-state index >= 15 is 0 Å². The number of hydrogen-bond donors (Lipinski definition) is 3. The van der Waals surface area contributed by atoms with Gasteiger partial charge in [-0.05, 0) is 18.2 Å². The lowest BCUT2D eigenvalue weighted by Gasteiger charge is -2.13. The van der Waals surface area contributed by atoms with Gasteiger partial charge in [0.05, 0.1) is 11.4 Å². The zero-order valence-electron chi connectivity index (χ0n) is 12.0. The van der Waals surface area contributed by atoms with Crippen molar-refractivity contribution in [2.75, 3.05) is 11.1 Å². The molecule has 0 aromatic heterocycles. The third-order valence-corrected chi connectivity index (χ3v) is 4.03. The first-order valence-electron chi connectivity index (χ1n) is 6.26. The second kappa shape index (κ2) is 6.32. The first-order valence-corrected chi connectivity index (χ1v) is 7.70. The molecule has 0 unspecified atom stereocenters. The van der Waals surface area contributed by atoms with E-state index in [2.05, 4.69) is 5.32 Å². The molecule has 0 atom stereocenters. The Labute approximate surface area is 139 Å². The van der Waals surface area contributed by atoms with Gasteiger partial charge in [-0.15, -0.1) is 0 Å². The van der Waals surface area contributed by atoms with Crippen LogP contribution in [0.1, 0.15) is 11.1 Å². The average molecular weight is 368 g/mol. The van der Waals surface area contributed by atoms with E-state index in [1.165, 1.54) is 6.07 Å². The molecule has 0 heterocycles. The Hall–Kier alpha value is -3.28. The number of halogens is 3. The minimum Gasteiger partial charge on any atom is -0.398 e. The Kier molecular flexibility index (Phi) is 4.56. The van der Waals surface area contributed by atoms with Gasteiger partial charge in [-0.1, -0.05) is 0 Å². The van der Waals surface area contributed by atoms with Crippen LogP contribution >= 0.6 is 0 Å². The largest absolute Gasteiger partial charge is 0.398 e. The molecule has 0 spiro atoms. The van der Waals surface area contributed by atoms with E-state index in [-0.39, 0.29) is 5.69 Å². The third-order valence-electron chi connectivity index (χ3n) is 3.10. The van der Waals surface area contributed by atoms with Gasteiger partial charge in [0.1, 0.15) is 28.2 Å². The Balaban J connectivity index is 2.63. The van der Waals surface area contributed by atoms with Crippen LogP contribution in [0.4, 0.5) is 30.2 Å². The first-order chi connectivity index (χ1) is 11.6. The summed E-state index contributed by atoms with van der Waals surface area (Å²) >= 11 is 0. The standard InChI is InChI=1S/C14H7F3N4O3S/c15-11-7(4-18)13(17)14(8(5-19)12(11)16)21-6-1-2-10(9(20)3-6)25(22,23)24/h1-3,21H,20H2,(H,22,23,24). The van der Waals surface area contributed by atoms with E-state index < -0.39 is 55.0 Å². The van der Waals surface area contributed by atoms with Gasteiger partial charge < -0.3 is 11.1 Å². The number of nitrogens with two attached hydrogens (primary N) is 1. The van der Waals surface area contributed by atoms with Crippen molar-refractivity contribution >= 4 is 27.2 Å². The number of hydrogen-bond acceptors (Lipinski definition) is 6. The van der Waals surface area contributed by atoms with Gasteiger partial charge in [-0.25, -0.2) is 13.2 Å². The number of nitrogen functional groups attached to an aromatic ring is 1. The van der Waals surface area contributed by atoms with Crippen molar-refractivity contribution in [3.05, 3.63) is 46.8 Å². The highest BCUT2D eigenvalue weighted by molar-refractivity contribution is 7.86. The van der Waals surface area contributed by atoms with Crippen LogP contribution in [0, 0.1) is 40.1 Å². The zero-order valence-corrected chi connectivity index (χ0v) is 12.8. The lowest BCUT2D eigenvalue weighted by atomic mass is 10.1. The second-order valence-electron chi connectivity index (χ2n) is 4.64. The van der Waals surface area contributed by atoms with Crippen LogP contribution in [0.3, 0.4) is 0 Å². The molecule has 0 bridgehead atoms. The van der Waals surface area contributed by atoms with E-state index in [9.17, 15) is 21.6 Å². The third kappa shape index (κ3) is 3.19. The summed E-state index contributed by atoms with van der Waals surface area (Å²) in [7, 11) is -4.60. The molecular formula is C14H7F3N4O3S. The molecule has 25 heavy (non-hydrogen) atoms. The minimum atomic E-state index is -4.60.